The average Bonchev–Trinajstić information content (AvgIpc) is 4.19. The van der Waals surface area contributed by atoms with Gasteiger partial charge in [0, 0.05) is 22.1 Å². The Morgan fingerprint density at radius 2 is 1.15 bits per heavy atom. The number of H-pyrrole nitrogens is 2. The van der Waals surface area contributed by atoms with Gasteiger partial charge in [-0.1, -0.05) is 0 Å². The van der Waals surface area contributed by atoms with Gasteiger partial charge in [-0.3, -0.25) is 0 Å². The van der Waals surface area contributed by atoms with E-state index in [1.165, 1.54) is 0 Å². The fourth-order valence-electron chi connectivity index (χ4n) is 9.08. The minimum atomic E-state index is -0.868. The van der Waals surface area contributed by atoms with E-state index in [2.05, 4.69) is 89.7 Å². The van der Waals surface area contributed by atoms with Crippen molar-refractivity contribution in [1.29, 1.82) is 0 Å². The van der Waals surface area contributed by atoms with Crippen LogP contribution in [0.15, 0.2) is 111 Å². The zero-order valence-corrected chi connectivity index (χ0v) is 38.5. The van der Waals surface area contributed by atoms with Gasteiger partial charge in [0.25, 0.3) is 0 Å². The predicted octanol–water partition coefficient (Wildman–Crippen LogP) is 9.39. The van der Waals surface area contributed by atoms with Gasteiger partial charge in [-0.15, -0.1) is 0 Å². The number of aromatic nitrogens is 6. The number of carbonyl (C=O) groups is 2. The molecule has 0 spiro atoms. The van der Waals surface area contributed by atoms with Crippen molar-refractivity contribution in [2.45, 2.75) is 53.4 Å². The summed E-state index contributed by atoms with van der Waals surface area (Å²) in [5.41, 5.74) is 20.7. The van der Waals surface area contributed by atoms with Gasteiger partial charge in [0.15, 0.2) is 0 Å². The molecule has 5 aromatic heterocycles. The fourth-order valence-corrected chi connectivity index (χ4v) is 10.7. The number of carboxylic acids is 2. The van der Waals surface area contributed by atoms with Gasteiger partial charge in [0.2, 0.25) is 0 Å². The molecular weight excluding hydrogens is 880 g/mol. The van der Waals surface area contributed by atoms with Crippen molar-refractivity contribution in [2.24, 2.45) is 9.98 Å². The normalized spacial score (nSPS) is 17.9. The van der Waals surface area contributed by atoms with Gasteiger partial charge in [-0.2, -0.15) is 0 Å². The van der Waals surface area contributed by atoms with Crippen molar-refractivity contribution in [1.82, 2.24) is 27.1 Å². The Morgan fingerprint density at radius 3 is 1.69 bits per heavy atom. The first-order chi connectivity index (χ1) is 32.3. The summed E-state index contributed by atoms with van der Waals surface area (Å²) >= 11 is 0.463. The first-order valence-corrected chi connectivity index (χ1v) is 22.9. The molecule has 0 saturated carbocycles. The summed E-state index contributed by atoms with van der Waals surface area (Å²) in [6, 6.07) is 16.4. The van der Waals surface area contributed by atoms with Crippen LogP contribution in [0.3, 0.4) is 0 Å². The van der Waals surface area contributed by atoms with E-state index in [9.17, 15) is 19.8 Å². The number of allylic oxidation sites excluding steroid dienone is 4. The maximum absolute atomic E-state index is 11.8. The van der Waals surface area contributed by atoms with E-state index in [0.717, 1.165) is 129 Å². The number of carboxylic acid groups (broad SMARTS) is 2. The number of aliphatic imine (C=N–C) groups is 2. The number of nitrogens with zero attached hydrogens (tertiary/aromatic N) is 6. The number of fused-ring (bicyclic) bond motifs is 10. The first kappa shape index (κ1) is 43.1. The minimum absolute atomic E-state index is 0.0140. The second-order valence-electron chi connectivity index (χ2n) is 16.9. The third kappa shape index (κ3) is 8.13. The number of rotatable bonds is 8. The zero-order valence-electron chi connectivity index (χ0n) is 37.4. The van der Waals surface area contributed by atoms with Crippen molar-refractivity contribution in [2.75, 3.05) is 0 Å². The molecule has 0 unspecified atom stereocenters. The van der Waals surface area contributed by atoms with Gasteiger partial charge in [0.05, 0.1) is 22.8 Å². The molecule has 14 bridgehead atoms. The second kappa shape index (κ2) is 17.2. The van der Waals surface area contributed by atoms with E-state index >= 15 is 0 Å². The molecule has 13 heteroatoms. The van der Waals surface area contributed by atoms with Gasteiger partial charge in [-0.05, 0) is 72.8 Å². The van der Waals surface area contributed by atoms with Crippen LogP contribution in [-0.4, -0.2) is 60.7 Å². The molecule has 5 aromatic rings. The Labute approximate surface area is 392 Å². The summed E-state index contributed by atoms with van der Waals surface area (Å²) in [5.74, 6) is -1.74. The Bertz CT molecular complexity index is 3470. The van der Waals surface area contributed by atoms with Crippen LogP contribution in [0.2, 0.25) is 0 Å². The summed E-state index contributed by atoms with van der Waals surface area (Å²) in [6.07, 6.45) is 20.7. The molecule has 0 fully saturated rings. The molecule has 11 rings (SSSR count). The number of hydrogen-bond acceptors (Lipinski definition) is 6. The number of nitrogens with one attached hydrogen (secondary N) is 2. The molecule has 4 N–H and O–H groups in total. The Balaban J connectivity index is 0.000000183. The van der Waals surface area contributed by atoms with Gasteiger partial charge >= 0.3 is 257 Å². The van der Waals surface area contributed by atoms with E-state index in [-0.39, 0.29) is 12.8 Å². The van der Waals surface area contributed by atoms with Crippen molar-refractivity contribution < 1.29 is 35.2 Å². The number of hydrogen-bond donors (Lipinski definition) is 4. The molecule has 334 valence electrons. The molecular formula is C54H46FeN8O4. The van der Waals surface area contributed by atoms with Gasteiger partial charge in [-0.25, -0.2) is 9.97 Å². The van der Waals surface area contributed by atoms with E-state index in [4.69, 9.17) is 9.98 Å². The van der Waals surface area contributed by atoms with Crippen LogP contribution in [0.25, 0.3) is 76.8 Å². The molecule has 12 nitrogen and oxygen atoms in total. The van der Waals surface area contributed by atoms with Crippen molar-refractivity contribution in [3.63, 3.8) is 0 Å². The second-order valence-corrected chi connectivity index (χ2v) is 18.1. The van der Waals surface area contributed by atoms with Crippen molar-refractivity contribution in [3.05, 3.63) is 169 Å². The standard InChI is InChI=1S/C34H34N4O4.C20H14N4.Fe/c1-7-21-17(3)25-13-26-19(5)23(9-11-33(39)40)31(37-26)16-32-24(10-12-34(41)42)20(6)28(38-32)15-30-22(8-2)18(4)27(36-30)14-29(21)35-25;1-2-14-10-16-5-6-18(23-16)12-20-8-7-19(24-20)11-17-4-3-15(22-17)9-13(1)21-14;/h7-8,13-16H,1-2,9-12H2,3-6H3,(H4,35,36,37,38,39,40,41,42);1-12,21,24H;/q;;+2/p-2/b25-13?,26-13-,27-14?,28-15-,29-14-,30-15?,31-16-,32-16?;;. The van der Waals surface area contributed by atoms with Crippen LogP contribution in [0.4, 0.5) is 0 Å². The van der Waals surface area contributed by atoms with Gasteiger partial charge < -0.3 is 9.97 Å². The molecule has 0 aliphatic carbocycles. The SMILES string of the molecule is C1=Cc2cc3ccc(cc4nc(cc5ccc(cc1n2)[nH]5)C=C4)[nH]3.C=CC1=C(C)C2=NC/1=C\c1c(C)c(C=C)c3[n]1[Fe][n]1/c(c(C)c(CCC(=O)O)/c1=C/C1=NC(=C\3)/C(C)=C1CCC(=O)O)=C\2. The Kier molecular flexibility index (Phi) is 11.0. The topological polar surface area (TPSA) is 167 Å². The molecule has 0 saturated heterocycles. The number of aromatic amines is 2. The quantitative estimate of drug-likeness (QED) is 0.111. The molecule has 0 radical (unpaired) electrons. The molecule has 11 heterocycles. The molecule has 6 aliphatic heterocycles. The predicted molar refractivity (Wildman–Crippen MR) is 266 cm³/mol. The third-order valence-corrected chi connectivity index (χ3v) is 14.1. The van der Waals surface area contributed by atoms with E-state index < -0.39 is 11.9 Å². The zero-order chi connectivity index (χ0) is 46.7. The van der Waals surface area contributed by atoms with E-state index in [1.807, 2.05) is 87.6 Å². The van der Waals surface area contributed by atoms with Crippen molar-refractivity contribution in [3.8, 4) is 0 Å². The van der Waals surface area contributed by atoms with Crippen LogP contribution < -0.4 is 10.7 Å². The van der Waals surface area contributed by atoms with Crippen molar-refractivity contribution >= 4 is 100 Å². The molecule has 6 aliphatic rings. The average molecular weight is 927 g/mol. The Hall–Kier alpha value is -7.86. The van der Waals surface area contributed by atoms with Crippen LogP contribution in [0, 0.1) is 13.8 Å². The summed E-state index contributed by atoms with van der Waals surface area (Å²) in [7, 11) is 0. The number of aliphatic carboxylic acids is 2. The van der Waals surface area contributed by atoms with Crippen LogP contribution in [0.1, 0.15) is 89.5 Å². The summed E-state index contributed by atoms with van der Waals surface area (Å²) in [6.45, 7) is 16.4. The van der Waals surface area contributed by atoms with Crippen LogP contribution >= 0.6 is 0 Å². The third-order valence-electron chi connectivity index (χ3n) is 12.6. The first-order valence-electron chi connectivity index (χ1n) is 21.9. The molecule has 0 amide bonds. The monoisotopic (exact) mass is 926 g/mol. The molecule has 0 atom stereocenters. The molecule has 67 heavy (non-hydrogen) atoms. The molecule has 0 aromatic carbocycles. The van der Waals surface area contributed by atoms with Gasteiger partial charge in [0.1, 0.15) is 0 Å². The van der Waals surface area contributed by atoms with Crippen LogP contribution in [0.5, 0.6) is 0 Å². The van der Waals surface area contributed by atoms with Crippen LogP contribution in [-0.2, 0) is 31.4 Å². The summed E-state index contributed by atoms with van der Waals surface area (Å²) < 4.78 is 4.47. The Morgan fingerprint density at radius 1 is 0.627 bits per heavy atom. The fraction of sp³-hybridized carbons (Fsp3) is 0.148. The summed E-state index contributed by atoms with van der Waals surface area (Å²) in [5, 5.41) is 21.0. The maximum atomic E-state index is 11.8. The van der Waals surface area contributed by atoms with E-state index in [0.29, 0.717) is 33.9 Å². The van der Waals surface area contributed by atoms with E-state index in [1.54, 1.807) is 0 Å². The summed E-state index contributed by atoms with van der Waals surface area (Å²) in [4.78, 5) is 49.5.